The zero-order valence-electron chi connectivity index (χ0n) is 12.5. The molecule has 0 amide bonds. The lowest BCUT2D eigenvalue weighted by atomic mass is 9.54. The van der Waals surface area contributed by atoms with Gasteiger partial charge >= 0.3 is 0 Å². The highest BCUT2D eigenvalue weighted by Gasteiger charge is 2.48. The summed E-state index contributed by atoms with van der Waals surface area (Å²) in [6.07, 6.45) is 7.29. The largest absolute Gasteiger partial charge is 0.307 e. The lowest BCUT2D eigenvalue weighted by Crippen LogP contribution is -2.54. The van der Waals surface area contributed by atoms with Crippen LogP contribution in [-0.4, -0.2) is 6.04 Å². The van der Waals surface area contributed by atoms with Crippen LogP contribution in [0.1, 0.15) is 50.6 Å². The lowest BCUT2D eigenvalue weighted by Gasteiger charge is -2.55. The molecule has 1 atom stereocenters. The molecule has 1 aromatic rings. The fourth-order valence-corrected chi connectivity index (χ4v) is 5.90. The lowest BCUT2D eigenvalue weighted by molar-refractivity contribution is -0.0171. The number of benzene rings is 1. The maximum atomic E-state index is 6.38. The highest BCUT2D eigenvalue weighted by molar-refractivity contribution is 6.42. The van der Waals surface area contributed by atoms with Crippen molar-refractivity contribution in [1.29, 1.82) is 0 Å². The van der Waals surface area contributed by atoms with Gasteiger partial charge in [-0.2, -0.15) is 0 Å². The fourth-order valence-electron chi connectivity index (χ4n) is 5.43. The molecule has 1 N–H and O–H groups in total. The Bertz CT molecular complexity index is 514. The van der Waals surface area contributed by atoms with Gasteiger partial charge in [-0.15, -0.1) is 0 Å². The van der Waals surface area contributed by atoms with E-state index in [0.29, 0.717) is 16.1 Å². The molecule has 1 aromatic carbocycles. The summed E-state index contributed by atoms with van der Waals surface area (Å²) in [7, 11) is 0. The van der Waals surface area contributed by atoms with Crippen molar-refractivity contribution in [2.45, 2.75) is 51.1 Å². The second-order valence-corrected chi connectivity index (χ2v) is 8.27. The molecule has 0 heterocycles. The average molecular weight is 324 g/mol. The molecule has 0 spiro atoms. The Labute approximate surface area is 137 Å². The van der Waals surface area contributed by atoms with E-state index < -0.39 is 0 Å². The number of hydrogen-bond donors (Lipinski definition) is 1. The molecule has 5 rings (SSSR count). The van der Waals surface area contributed by atoms with Crippen LogP contribution in [0.15, 0.2) is 18.2 Å². The van der Waals surface area contributed by atoms with Crippen molar-refractivity contribution in [3.05, 3.63) is 33.8 Å². The first kappa shape index (κ1) is 14.4. The quantitative estimate of drug-likeness (QED) is 0.777. The molecule has 0 aromatic heterocycles. The minimum atomic E-state index is 0.277. The van der Waals surface area contributed by atoms with Gasteiger partial charge in [-0.25, -0.2) is 0 Å². The van der Waals surface area contributed by atoms with Crippen molar-refractivity contribution in [3.63, 3.8) is 0 Å². The van der Waals surface area contributed by atoms with Crippen molar-refractivity contribution < 1.29 is 0 Å². The molecule has 1 nitrogen and oxygen atoms in total. The number of rotatable bonds is 3. The number of hydrogen-bond acceptors (Lipinski definition) is 1. The van der Waals surface area contributed by atoms with E-state index in [-0.39, 0.29) is 6.04 Å². The van der Waals surface area contributed by atoms with Gasteiger partial charge in [0.25, 0.3) is 0 Å². The summed E-state index contributed by atoms with van der Waals surface area (Å²) in [5.41, 5.74) is 1.14. The van der Waals surface area contributed by atoms with Gasteiger partial charge in [-0.1, -0.05) is 35.3 Å². The highest BCUT2D eigenvalue weighted by atomic mass is 35.5. The molecular formula is C18H23Cl2N. The van der Waals surface area contributed by atoms with E-state index in [1.165, 1.54) is 32.1 Å². The van der Waals surface area contributed by atoms with E-state index in [1.807, 2.05) is 12.1 Å². The van der Waals surface area contributed by atoms with Crippen molar-refractivity contribution in [2.75, 3.05) is 0 Å². The van der Waals surface area contributed by atoms with E-state index in [4.69, 9.17) is 23.2 Å². The van der Waals surface area contributed by atoms with Crippen LogP contribution in [0.25, 0.3) is 0 Å². The number of nitrogens with one attached hydrogen (secondary N) is 1. The zero-order chi connectivity index (χ0) is 14.6. The normalized spacial score (nSPS) is 38.7. The van der Waals surface area contributed by atoms with Crippen molar-refractivity contribution in [1.82, 2.24) is 5.32 Å². The Hall–Kier alpha value is -0.240. The summed E-state index contributed by atoms with van der Waals surface area (Å²) >= 11 is 12.5. The van der Waals surface area contributed by atoms with E-state index >= 15 is 0 Å². The molecule has 4 saturated carbocycles. The monoisotopic (exact) mass is 323 g/mol. The maximum Gasteiger partial charge on any atom is 0.0639 e. The van der Waals surface area contributed by atoms with Crippen LogP contribution >= 0.6 is 23.2 Å². The van der Waals surface area contributed by atoms with Crippen LogP contribution in [0, 0.1) is 23.7 Å². The summed E-state index contributed by atoms with van der Waals surface area (Å²) in [5, 5.41) is 5.27. The predicted octanol–water partition coefficient (Wildman–Crippen LogP) is 5.47. The molecule has 4 bridgehead atoms. The number of halogens is 2. The Morgan fingerprint density at radius 1 is 1.00 bits per heavy atom. The Balaban J connectivity index is 1.52. The van der Waals surface area contributed by atoms with E-state index in [0.717, 1.165) is 29.2 Å². The topological polar surface area (TPSA) is 12.0 Å². The van der Waals surface area contributed by atoms with Crippen LogP contribution in [0.3, 0.4) is 0 Å². The van der Waals surface area contributed by atoms with Crippen LogP contribution < -0.4 is 5.32 Å². The van der Waals surface area contributed by atoms with Crippen LogP contribution in [0.4, 0.5) is 0 Å². The highest BCUT2D eigenvalue weighted by Crippen LogP contribution is 2.54. The van der Waals surface area contributed by atoms with Gasteiger partial charge in [0.05, 0.1) is 10.0 Å². The van der Waals surface area contributed by atoms with Gasteiger partial charge in [0.15, 0.2) is 0 Å². The Morgan fingerprint density at radius 2 is 1.62 bits per heavy atom. The molecule has 4 aliphatic carbocycles. The van der Waals surface area contributed by atoms with Crippen molar-refractivity contribution >= 4 is 23.2 Å². The molecule has 0 aliphatic heterocycles. The molecular weight excluding hydrogens is 301 g/mol. The van der Waals surface area contributed by atoms with Gasteiger partial charge in [0.1, 0.15) is 0 Å². The Morgan fingerprint density at radius 3 is 2.24 bits per heavy atom. The van der Waals surface area contributed by atoms with E-state index in [1.54, 1.807) is 0 Å². The minimum Gasteiger partial charge on any atom is -0.307 e. The SMILES string of the molecule is CC(NC1C2CC3CC(C2)CC1C3)c1cccc(Cl)c1Cl. The first-order chi connectivity index (χ1) is 10.1. The summed E-state index contributed by atoms with van der Waals surface area (Å²) < 4.78 is 0. The molecule has 0 radical (unpaired) electrons. The fraction of sp³-hybridized carbons (Fsp3) is 0.667. The van der Waals surface area contributed by atoms with Crippen molar-refractivity contribution in [2.24, 2.45) is 23.7 Å². The standard InChI is InChI=1S/C18H23Cl2N/c1-10(15-3-2-4-16(19)17(15)20)21-18-13-6-11-5-12(8-13)9-14(18)7-11/h2-4,10-14,18,21H,5-9H2,1H3. The van der Waals surface area contributed by atoms with Crippen LogP contribution in [-0.2, 0) is 0 Å². The molecule has 4 fully saturated rings. The van der Waals surface area contributed by atoms with Gasteiger partial charge < -0.3 is 5.32 Å². The van der Waals surface area contributed by atoms with Gasteiger partial charge in [0, 0.05) is 12.1 Å². The third kappa shape index (κ3) is 2.52. The summed E-state index contributed by atoms with van der Waals surface area (Å²) in [4.78, 5) is 0. The summed E-state index contributed by atoms with van der Waals surface area (Å²) in [6.45, 7) is 2.22. The first-order valence-electron chi connectivity index (χ1n) is 8.31. The second-order valence-electron chi connectivity index (χ2n) is 7.49. The first-order valence-corrected chi connectivity index (χ1v) is 9.07. The van der Waals surface area contributed by atoms with Gasteiger partial charge in [-0.05, 0) is 74.3 Å². The summed E-state index contributed by atoms with van der Waals surface area (Å²) in [6, 6.07) is 6.92. The smallest absolute Gasteiger partial charge is 0.0639 e. The van der Waals surface area contributed by atoms with Gasteiger partial charge in [-0.3, -0.25) is 0 Å². The molecule has 4 aliphatic rings. The van der Waals surface area contributed by atoms with Crippen LogP contribution in [0.5, 0.6) is 0 Å². The van der Waals surface area contributed by atoms with E-state index in [9.17, 15) is 0 Å². The molecule has 21 heavy (non-hydrogen) atoms. The van der Waals surface area contributed by atoms with Gasteiger partial charge in [0.2, 0.25) is 0 Å². The van der Waals surface area contributed by atoms with E-state index in [2.05, 4.69) is 18.3 Å². The van der Waals surface area contributed by atoms with Crippen LogP contribution in [0.2, 0.25) is 10.0 Å². The second kappa shape index (κ2) is 5.44. The average Bonchev–Trinajstić information content (AvgIpc) is 2.45. The Kier molecular flexibility index (Phi) is 3.72. The molecule has 3 heteroatoms. The van der Waals surface area contributed by atoms with Crippen molar-refractivity contribution in [3.8, 4) is 0 Å². The third-order valence-electron chi connectivity index (χ3n) is 6.12. The third-order valence-corrected chi connectivity index (χ3v) is 6.95. The zero-order valence-corrected chi connectivity index (χ0v) is 14.0. The molecule has 0 saturated heterocycles. The predicted molar refractivity (Wildman–Crippen MR) is 88.8 cm³/mol. The maximum absolute atomic E-state index is 6.38. The summed E-state index contributed by atoms with van der Waals surface area (Å²) in [5.74, 6) is 3.83. The molecule has 114 valence electrons. The minimum absolute atomic E-state index is 0.277. The molecule has 1 unspecified atom stereocenters.